The van der Waals surface area contributed by atoms with Crippen molar-refractivity contribution in [2.45, 2.75) is 0 Å². The topological polar surface area (TPSA) is 134 Å². The molecule has 0 spiro atoms. The van der Waals surface area contributed by atoms with E-state index < -0.39 is 15.6 Å². The molecule has 0 aliphatic heterocycles. The fourth-order valence-electron chi connectivity index (χ4n) is 1.59. The van der Waals surface area contributed by atoms with Crippen molar-refractivity contribution in [2.75, 3.05) is 0 Å². The smallest absolute Gasteiger partial charge is 0.404 e. The van der Waals surface area contributed by atoms with E-state index in [4.69, 9.17) is 19.6 Å². The molecule has 0 atom stereocenters. The number of hydrogen-bond donors (Lipinski definition) is 4. The van der Waals surface area contributed by atoms with E-state index in [-0.39, 0.29) is 11.5 Å². The fourth-order valence-corrected chi connectivity index (χ4v) is 2.37. The Morgan fingerprint density at radius 1 is 0.700 bits per heavy atom. The van der Waals surface area contributed by atoms with Crippen molar-refractivity contribution in [1.82, 2.24) is 0 Å². The molecule has 0 saturated heterocycles. The summed E-state index contributed by atoms with van der Waals surface area (Å²) in [7, 11) is -9.26. The Morgan fingerprint density at radius 2 is 1.05 bits per heavy atom. The molecule has 2 aromatic carbocycles. The summed E-state index contributed by atoms with van der Waals surface area (Å²) in [6.45, 7) is 0. The minimum absolute atomic E-state index is 0.0190. The summed E-state index contributed by atoms with van der Waals surface area (Å²) in [5.41, 5.74) is 0. The molecule has 0 saturated carbocycles. The third kappa shape index (κ3) is 4.31. The van der Waals surface area contributed by atoms with Gasteiger partial charge in [0, 0.05) is 0 Å². The molecule has 0 fully saturated rings. The minimum Gasteiger partial charge on any atom is -0.404 e. The number of fused-ring (bicyclic) bond motifs is 1. The minimum atomic E-state index is -4.63. The van der Waals surface area contributed by atoms with Gasteiger partial charge in [-0.3, -0.25) is 19.6 Å². The molecule has 2 aromatic rings. The van der Waals surface area contributed by atoms with E-state index >= 15 is 0 Å². The fraction of sp³-hybridized carbons (Fsp3) is 0. The van der Waals surface area contributed by atoms with Crippen molar-refractivity contribution in [1.29, 1.82) is 0 Å². The van der Waals surface area contributed by atoms with Crippen LogP contribution >= 0.6 is 15.6 Å². The van der Waals surface area contributed by atoms with Crippen LogP contribution in [0.25, 0.3) is 10.8 Å². The van der Waals surface area contributed by atoms with Gasteiger partial charge in [-0.1, -0.05) is 12.1 Å². The lowest BCUT2D eigenvalue weighted by molar-refractivity contribution is 0.280. The van der Waals surface area contributed by atoms with Gasteiger partial charge in [0.15, 0.2) is 0 Å². The summed E-state index contributed by atoms with van der Waals surface area (Å²) < 4.78 is 30.3. The lowest BCUT2D eigenvalue weighted by Gasteiger charge is -2.09. The molecule has 108 valence electrons. The quantitative estimate of drug-likeness (QED) is 0.626. The molecule has 0 radical (unpaired) electrons. The first-order valence-corrected chi connectivity index (χ1v) is 8.23. The van der Waals surface area contributed by atoms with Crippen molar-refractivity contribution < 1.29 is 37.8 Å². The van der Waals surface area contributed by atoms with Crippen LogP contribution in [0.4, 0.5) is 0 Å². The highest BCUT2D eigenvalue weighted by Gasteiger charge is 2.17. The molecule has 0 heterocycles. The van der Waals surface area contributed by atoms with Crippen LogP contribution in [0.15, 0.2) is 36.4 Å². The van der Waals surface area contributed by atoms with E-state index in [0.29, 0.717) is 10.8 Å². The molecule has 20 heavy (non-hydrogen) atoms. The highest BCUT2D eigenvalue weighted by molar-refractivity contribution is 7.47. The second kappa shape index (κ2) is 5.18. The molecule has 10 heteroatoms. The molecule has 4 N–H and O–H groups in total. The zero-order valence-corrected chi connectivity index (χ0v) is 11.6. The summed E-state index contributed by atoms with van der Waals surface area (Å²) in [6.07, 6.45) is 0. The van der Waals surface area contributed by atoms with Crippen LogP contribution in [0.1, 0.15) is 0 Å². The maximum atomic E-state index is 10.7. The van der Waals surface area contributed by atoms with Crippen molar-refractivity contribution >= 4 is 26.4 Å². The summed E-state index contributed by atoms with van der Waals surface area (Å²) in [6, 6.07) is 8.37. The van der Waals surface area contributed by atoms with Crippen molar-refractivity contribution in [3.05, 3.63) is 36.4 Å². The summed E-state index contributed by atoms with van der Waals surface area (Å²) in [5.74, 6) is -0.0380. The van der Waals surface area contributed by atoms with Gasteiger partial charge in [0.25, 0.3) is 0 Å². The normalized spacial score (nSPS) is 12.4. The van der Waals surface area contributed by atoms with Crippen molar-refractivity contribution in [3.8, 4) is 11.5 Å². The molecule has 8 nitrogen and oxygen atoms in total. The molecule has 0 bridgehead atoms. The van der Waals surface area contributed by atoms with Gasteiger partial charge >= 0.3 is 15.6 Å². The van der Waals surface area contributed by atoms with Gasteiger partial charge in [-0.2, -0.15) is 0 Å². The van der Waals surface area contributed by atoms with Gasteiger partial charge in [0.05, 0.1) is 0 Å². The van der Waals surface area contributed by atoms with Crippen molar-refractivity contribution in [3.63, 3.8) is 0 Å². The predicted octanol–water partition coefficient (Wildman–Crippen LogP) is 1.78. The Balaban J connectivity index is 2.35. The third-order valence-corrected chi connectivity index (χ3v) is 3.13. The standard InChI is InChI=1S/C10H10O8P2/c11-19(12,13)17-9-3-1-7-5-10(18-20(14,15)16)4-2-8(7)6-9/h1-6H,(H2,11,12,13)(H2,14,15,16). The SMILES string of the molecule is O=P(O)(O)Oc1ccc2cc(OP(=O)(O)O)ccc2c1. The van der Waals surface area contributed by atoms with Crippen LogP contribution < -0.4 is 9.05 Å². The monoisotopic (exact) mass is 320 g/mol. The van der Waals surface area contributed by atoms with Gasteiger partial charge < -0.3 is 9.05 Å². The Labute approximate surface area is 113 Å². The summed E-state index contributed by atoms with van der Waals surface area (Å²) in [5, 5.41) is 1.13. The highest BCUT2D eigenvalue weighted by Crippen LogP contribution is 2.40. The molecule has 0 amide bonds. The first kappa shape index (κ1) is 15.0. The van der Waals surface area contributed by atoms with E-state index in [2.05, 4.69) is 9.05 Å². The number of benzene rings is 2. The van der Waals surface area contributed by atoms with Crippen LogP contribution in [0.2, 0.25) is 0 Å². The number of hydrogen-bond acceptors (Lipinski definition) is 4. The van der Waals surface area contributed by atoms with Crippen LogP contribution in [0.5, 0.6) is 11.5 Å². The maximum Gasteiger partial charge on any atom is 0.524 e. The molecular formula is C10H10O8P2. The predicted molar refractivity (Wildman–Crippen MR) is 69.3 cm³/mol. The van der Waals surface area contributed by atoms with Gasteiger partial charge in [-0.25, -0.2) is 9.13 Å². The van der Waals surface area contributed by atoms with Gasteiger partial charge in [0.2, 0.25) is 0 Å². The summed E-state index contributed by atoms with van der Waals surface area (Å²) >= 11 is 0. The van der Waals surface area contributed by atoms with E-state index in [1.165, 1.54) is 36.4 Å². The zero-order chi connectivity index (χ0) is 15.0. The molecule has 0 aliphatic carbocycles. The Morgan fingerprint density at radius 3 is 1.35 bits per heavy atom. The largest absolute Gasteiger partial charge is 0.524 e. The Bertz CT molecular complexity index is 668. The second-order valence-corrected chi connectivity index (χ2v) is 6.16. The van der Waals surface area contributed by atoms with Crippen LogP contribution in [0.3, 0.4) is 0 Å². The van der Waals surface area contributed by atoms with E-state index in [1.54, 1.807) is 0 Å². The molecule has 0 aliphatic rings. The van der Waals surface area contributed by atoms with Gasteiger partial charge in [-0.05, 0) is 35.0 Å². The van der Waals surface area contributed by atoms with E-state index in [1.807, 2.05) is 0 Å². The highest BCUT2D eigenvalue weighted by atomic mass is 31.2. The van der Waals surface area contributed by atoms with Crippen LogP contribution in [-0.4, -0.2) is 19.6 Å². The molecule has 2 rings (SSSR count). The number of phosphoric acid groups is 2. The van der Waals surface area contributed by atoms with E-state index in [9.17, 15) is 9.13 Å². The third-order valence-electron chi connectivity index (χ3n) is 2.23. The lowest BCUT2D eigenvalue weighted by Crippen LogP contribution is -1.91. The summed E-state index contributed by atoms with van der Waals surface area (Å²) in [4.78, 5) is 34.8. The average Bonchev–Trinajstić information content (AvgIpc) is 2.25. The molecule has 0 aromatic heterocycles. The maximum absolute atomic E-state index is 10.7. The first-order valence-electron chi connectivity index (χ1n) is 5.16. The number of rotatable bonds is 4. The lowest BCUT2D eigenvalue weighted by atomic mass is 10.1. The first-order chi connectivity index (χ1) is 9.12. The van der Waals surface area contributed by atoms with E-state index in [0.717, 1.165) is 0 Å². The van der Waals surface area contributed by atoms with Gasteiger partial charge in [0.1, 0.15) is 11.5 Å². The molecule has 0 unspecified atom stereocenters. The number of phosphoric ester groups is 2. The van der Waals surface area contributed by atoms with Crippen LogP contribution in [0, 0.1) is 0 Å². The Hall–Kier alpha value is -1.40. The van der Waals surface area contributed by atoms with Crippen molar-refractivity contribution in [2.24, 2.45) is 0 Å². The average molecular weight is 320 g/mol. The van der Waals surface area contributed by atoms with Crippen LogP contribution in [-0.2, 0) is 9.13 Å². The van der Waals surface area contributed by atoms with Gasteiger partial charge in [-0.15, -0.1) is 0 Å². The zero-order valence-electron chi connectivity index (χ0n) is 9.78. The second-order valence-electron chi connectivity index (χ2n) is 3.83. The Kier molecular flexibility index (Phi) is 3.88. The molecular weight excluding hydrogens is 310 g/mol.